The van der Waals surface area contributed by atoms with Crippen LogP contribution in [0.15, 0.2) is 53.9 Å². The summed E-state index contributed by atoms with van der Waals surface area (Å²) in [5.74, 6) is 0.795. The van der Waals surface area contributed by atoms with Gasteiger partial charge in [0.2, 0.25) is 5.91 Å². The monoisotopic (exact) mass is 366 g/mol. The van der Waals surface area contributed by atoms with Crippen molar-refractivity contribution in [3.05, 3.63) is 65.0 Å². The predicted octanol–water partition coefficient (Wildman–Crippen LogP) is 4.95. The van der Waals surface area contributed by atoms with E-state index in [4.69, 9.17) is 4.74 Å². The van der Waals surface area contributed by atoms with E-state index in [1.807, 2.05) is 29.6 Å². The second kappa shape index (κ2) is 8.63. The number of thiazole rings is 1. The fourth-order valence-electron chi connectivity index (χ4n) is 2.61. The number of anilines is 1. The lowest BCUT2D eigenvalue weighted by molar-refractivity contribution is -0.116. The lowest BCUT2D eigenvalue weighted by atomic mass is 10.1. The Kier molecular flexibility index (Phi) is 6.02. The maximum absolute atomic E-state index is 12.2. The van der Waals surface area contributed by atoms with Crippen LogP contribution in [0.5, 0.6) is 5.75 Å². The number of nitrogens with one attached hydrogen (secondary N) is 1. The number of methoxy groups -OCH3 is 1. The van der Waals surface area contributed by atoms with Gasteiger partial charge in [-0.15, -0.1) is 11.3 Å². The van der Waals surface area contributed by atoms with Crippen LogP contribution >= 0.6 is 11.3 Å². The van der Waals surface area contributed by atoms with Crippen LogP contribution in [-0.2, 0) is 17.6 Å². The van der Waals surface area contributed by atoms with Crippen LogP contribution in [0.2, 0.25) is 0 Å². The maximum Gasteiger partial charge on any atom is 0.226 e. The molecule has 0 bridgehead atoms. The second-order valence-corrected chi connectivity index (χ2v) is 6.84. The average molecular weight is 366 g/mol. The molecule has 26 heavy (non-hydrogen) atoms. The van der Waals surface area contributed by atoms with Crippen LogP contribution in [0, 0.1) is 0 Å². The van der Waals surface area contributed by atoms with Crippen LogP contribution in [0.4, 0.5) is 5.13 Å². The molecule has 0 fully saturated rings. The molecule has 1 aromatic heterocycles. The van der Waals surface area contributed by atoms with Gasteiger partial charge in [0.05, 0.1) is 12.8 Å². The van der Waals surface area contributed by atoms with Crippen molar-refractivity contribution in [2.45, 2.75) is 26.2 Å². The number of amides is 1. The van der Waals surface area contributed by atoms with Crippen molar-refractivity contribution in [3.8, 4) is 17.0 Å². The first-order valence-corrected chi connectivity index (χ1v) is 9.53. The molecular weight excluding hydrogens is 344 g/mol. The van der Waals surface area contributed by atoms with Gasteiger partial charge in [-0.1, -0.05) is 43.3 Å². The molecule has 0 radical (unpaired) electrons. The van der Waals surface area contributed by atoms with Crippen LogP contribution in [0.3, 0.4) is 0 Å². The Hall–Kier alpha value is -2.66. The molecule has 2 aromatic carbocycles. The molecule has 0 aliphatic heterocycles. The number of hydrogen-bond donors (Lipinski definition) is 1. The molecular formula is C21H22N2O2S. The van der Waals surface area contributed by atoms with E-state index < -0.39 is 0 Å². The molecule has 0 unspecified atom stereocenters. The molecule has 134 valence electrons. The Morgan fingerprint density at radius 3 is 2.42 bits per heavy atom. The highest BCUT2D eigenvalue weighted by atomic mass is 32.1. The Morgan fingerprint density at radius 1 is 1.08 bits per heavy atom. The van der Waals surface area contributed by atoms with Gasteiger partial charge in [-0.3, -0.25) is 4.79 Å². The lowest BCUT2D eigenvalue weighted by Crippen LogP contribution is -2.12. The van der Waals surface area contributed by atoms with Crippen LogP contribution in [-0.4, -0.2) is 18.0 Å². The summed E-state index contributed by atoms with van der Waals surface area (Å²) >= 11 is 1.45. The number of nitrogens with zero attached hydrogens (tertiary/aromatic N) is 1. The molecule has 0 saturated heterocycles. The van der Waals surface area contributed by atoms with Gasteiger partial charge in [-0.25, -0.2) is 4.98 Å². The summed E-state index contributed by atoms with van der Waals surface area (Å²) in [6.45, 7) is 2.14. The van der Waals surface area contributed by atoms with E-state index in [1.54, 1.807) is 7.11 Å². The van der Waals surface area contributed by atoms with Gasteiger partial charge in [-0.05, 0) is 36.1 Å². The number of ether oxygens (including phenoxy) is 1. The predicted molar refractivity (Wildman–Crippen MR) is 107 cm³/mol. The van der Waals surface area contributed by atoms with Crippen molar-refractivity contribution in [2.75, 3.05) is 12.4 Å². The molecule has 5 heteroatoms. The normalized spacial score (nSPS) is 10.5. The SMILES string of the molecule is CCc1ccc(-c2csc(NC(=O)CCc3ccc(OC)cc3)n2)cc1. The Balaban J connectivity index is 1.55. The first-order chi connectivity index (χ1) is 12.7. The number of aromatic nitrogens is 1. The minimum absolute atomic E-state index is 0.0250. The standard InChI is InChI=1S/C21H22N2O2S/c1-3-15-4-9-17(10-5-15)19-14-26-21(22-19)23-20(24)13-8-16-6-11-18(25-2)12-7-16/h4-7,9-12,14H,3,8,13H2,1-2H3,(H,22,23,24). The van der Waals surface area contributed by atoms with Crippen LogP contribution < -0.4 is 10.1 Å². The highest BCUT2D eigenvalue weighted by Crippen LogP contribution is 2.25. The van der Waals surface area contributed by atoms with Gasteiger partial charge in [0, 0.05) is 17.4 Å². The van der Waals surface area contributed by atoms with E-state index in [1.165, 1.54) is 16.9 Å². The molecule has 3 rings (SSSR count). The van der Waals surface area contributed by atoms with Gasteiger partial charge < -0.3 is 10.1 Å². The van der Waals surface area contributed by atoms with Crippen molar-refractivity contribution >= 4 is 22.4 Å². The number of hydrogen-bond acceptors (Lipinski definition) is 4. The molecule has 0 spiro atoms. The molecule has 0 aliphatic carbocycles. The van der Waals surface area contributed by atoms with Gasteiger partial charge in [0.15, 0.2) is 5.13 Å². The fraction of sp³-hybridized carbons (Fsp3) is 0.238. The Bertz CT molecular complexity index is 854. The first kappa shape index (κ1) is 18.1. The zero-order valence-electron chi connectivity index (χ0n) is 15.0. The Labute approximate surface area is 157 Å². The van der Waals surface area contributed by atoms with Crippen LogP contribution in [0.1, 0.15) is 24.5 Å². The van der Waals surface area contributed by atoms with Gasteiger partial charge in [-0.2, -0.15) is 0 Å². The first-order valence-electron chi connectivity index (χ1n) is 8.65. The van der Waals surface area contributed by atoms with Gasteiger partial charge in [0.25, 0.3) is 0 Å². The van der Waals surface area contributed by atoms with Crippen molar-refractivity contribution < 1.29 is 9.53 Å². The van der Waals surface area contributed by atoms with Gasteiger partial charge in [0.1, 0.15) is 5.75 Å². The van der Waals surface area contributed by atoms with Crippen molar-refractivity contribution in [1.29, 1.82) is 0 Å². The summed E-state index contributed by atoms with van der Waals surface area (Å²) in [5.41, 5.74) is 4.37. The molecule has 0 saturated carbocycles. The van der Waals surface area contributed by atoms with Gasteiger partial charge >= 0.3 is 0 Å². The van der Waals surface area contributed by atoms with Crippen LogP contribution in [0.25, 0.3) is 11.3 Å². The van der Waals surface area contributed by atoms with E-state index in [2.05, 4.69) is 41.5 Å². The zero-order valence-corrected chi connectivity index (χ0v) is 15.8. The smallest absolute Gasteiger partial charge is 0.226 e. The number of rotatable bonds is 7. The quantitative estimate of drug-likeness (QED) is 0.643. The summed E-state index contributed by atoms with van der Waals surface area (Å²) in [4.78, 5) is 16.7. The van der Waals surface area contributed by atoms with E-state index in [9.17, 15) is 4.79 Å². The largest absolute Gasteiger partial charge is 0.497 e. The summed E-state index contributed by atoms with van der Waals surface area (Å²) in [6.07, 6.45) is 2.13. The Morgan fingerprint density at radius 2 is 1.77 bits per heavy atom. The fourth-order valence-corrected chi connectivity index (χ4v) is 3.34. The number of aryl methyl sites for hydroxylation is 2. The highest BCUT2D eigenvalue weighted by Gasteiger charge is 2.08. The highest BCUT2D eigenvalue weighted by molar-refractivity contribution is 7.14. The third-order valence-electron chi connectivity index (χ3n) is 4.21. The third kappa shape index (κ3) is 4.70. The second-order valence-electron chi connectivity index (χ2n) is 5.98. The number of carbonyl (C=O) groups excluding carboxylic acids is 1. The van der Waals surface area contributed by atoms with E-state index >= 15 is 0 Å². The zero-order chi connectivity index (χ0) is 18.4. The molecule has 1 heterocycles. The molecule has 1 N–H and O–H groups in total. The van der Waals surface area contributed by atoms with Crippen molar-refractivity contribution in [1.82, 2.24) is 4.98 Å². The van der Waals surface area contributed by atoms with Crippen molar-refractivity contribution in [2.24, 2.45) is 0 Å². The molecule has 3 aromatic rings. The summed E-state index contributed by atoms with van der Waals surface area (Å²) in [7, 11) is 1.64. The molecule has 0 atom stereocenters. The van der Waals surface area contributed by atoms with E-state index in [0.717, 1.165) is 29.0 Å². The summed E-state index contributed by atoms with van der Waals surface area (Å²) < 4.78 is 5.14. The summed E-state index contributed by atoms with van der Waals surface area (Å²) in [5, 5.41) is 5.50. The minimum atomic E-state index is -0.0250. The lowest BCUT2D eigenvalue weighted by Gasteiger charge is -2.04. The summed E-state index contributed by atoms with van der Waals surface area (Å²) in [6, 6.07) is 16.1. The van der Waals surface area contributed by atoms with E-state index in [-0.39, 0.29) is 5.91 Å². The number of benzene rings is 2. The average Bonchev–Trinajstić information content (AvgIpc) is 3.15. The topological polar surface area (TPSA) is 51.2 Å². The van der Waals surface area contributed by atoms with Crippen molar-refractivity contribution in [3.63, 3.8) is 0 Å². The molecule has 0 aliphatic rings. The third-order valence-corrected chi connectivity index (χ3v) is 4.97. The number of carbonyl (C=O) groups is 1. The molecule has 4 nitrogen and oxygen atoms in total. The maximum atomic E-state index is 12.2. The van der Waals surface area contributed by atoms with E-state index in [0.29, 0.717) is 18.0 Å². The molecule has 1 amide bonds. The minimum Gasteiger partial charge on any atom is -0.497 e.